The van der Waals surface area contributed by atoms with Crippen LogP contribution in [-0.4, -0.2) is 60.0 Å². The van der Waals surface area contributed by atoms with Crippen molar-refractivity contribution in [2.24, 2.45) is 17.8 Å². The second-order valence-corrected chi connectivity index (χ2v) is 11.1. The van der Waals surface area contributed by atoms with E-state index in [0.717, 1.165) is 44.9 Å². The molecule has 2 saturated carbocycles. The van der Waals surface area contributed by atoms with Crippen LogP contribution in [0.25, 0.3) is 0 Å². The van der Waals surface area contributed by atoms with E-state index in [1.54, 1.807) is 0 Å². The zero-order valence-electron chi connectivity index (χ0n) is 19.5. The summed E-state index contributed by atoms with van der Waals surface area (Å²) in [5, 5.41) is 21.3. The van der Waals surface area contributed by atoms with Crippen LogP contribution in [0, 0.1) is 17.8 Å². The zero-order chi connectivity index (χ0) is 21.7. The largest absolute Gasteiger partial charge is 0.389 e. The standard InChI is InChI=1S/C23H43N3O3/c1-20(2,25-7)17-10-13-23(5,29-17)16-8-11-21(3,26-14-27)15-9-12-22(4,28)19(24-6)18(15)16/h14-19,24-25,28H,8-13H2,1-7H3,(H,26,27). The highest BCUT2D eigenvalue weighted by Crippen LogP contribution is 2.56. The Balaban J connectivity index is 1.95. The maximum Gasteiger partial charge on any atom is 0.207 e. The Kier molecular flexibility index (Phi) is 6.16. The van der Waals surface area contributed by atoms with Gasteiger partial charge < -0.3 is 25.8 Å². The minimum atomic E-state index is -0.758. The molecule has 1 heterocycles. The number of hydrogen-bond acceptors (Lipinski definition) is 5. The Bertz CT molecular complexity index is 610. The van der Waals surface area contributed by atoms with Gasteiger partial charge in [-0.1, -0.05) is 0 Å². The summed E-state index contributed by atoms with van der Waals surface area (Å²) in [6.45, 7) is 10.9. The van der Waals surface area contributed by atoms with E-state index in [4.69, 9.17) is 4.74 Å². The smallest absolute Gasteiger partial charge is 0.207 e. The van der Waals surface area contributed by atoms with Gasteiger partial charge in [-0.15, -0.1) is 0 Å². The number of nitrogens with one attached hydrogen (secondary N) is 3. The summed E-state index contributed by atoms with van der Waals surface area (Å²) in [7, 11) is 3.96. The molecule has 0 bridgehead atoms. The highest BCUT2D eigenvalue weighted by molar-refractivity contribution is 5.48. The van der Waals surface area contributed by atoms with E-state index in [1.165, 1.54) is 0 Å². The number of likely N-dealkylation sites (N-methyl/N-ethyl adjacent to an activating group) is 2. The van der Waals surface area contributed by atoms with Gasteiger partial charge in [0.05, 0.1) is 17.3 Å². The first-order chi connectivity index (χ1) is 13.4. The fourth-order valence-corrected chi connectivity index (χ4v) is 6.86. The van der Waals surface area contributed by atoms with Crippen molar-refractivity contribution >= 4 is 6.41 Å². The van der Waals surface area contributed by atoms with Gasteiger partial charge >= 0.3 is 0 Å². The molecule has 3 rings (SSSR count). The molecular weight excluding hydrogens is 366 g/mol. The SMILES string of the molecule is CNC1C2C(CCC1(C)O)C(C)(NC=O)CCC2C1(C)CCC(C(C)(C)NC)O1. The average molecular weight is 410 g/mol. The van der Waals surface area contributed by atoms with Crippen molar-refractivity contribution in [3.05, 3.63) is 0 Å². The predicted octanol–water partition coefficient (Wildman–Crippen LogP) is 2.20. The first kappa shape index (κ1) is 23.0. The average Bonchev–Trinajstić information content (AvgIpc) is 3.05. The van der Waals surface area contributed by atoms with Gasteiger partial charge in [-0.3, -0.25) is 4.79 Å². The minimum Gasteiger partial charge on any atom is -0.389 e. The van der Waals surface area contributed by atoms with Crippen molar-refractivity contribution in [1.29, 1.82) is 0 Å². The van der Waals surface area contributed by atoms with Gasteiger partial charge in [0.15, 0.2) is 0 Å². The lowest BCUT2D eigenvalue weighted by Gasteiger charge is -2.60. The molecule has 29 heavy (non-hydrogen) atoms. The van der Waals surface area contributed by atoms with Gasteiger partial charge in [0.1, 0.15) is 0 Å². The lowest BCUT2D eigenvalue weighted by molar-refractivity contribution is -0.167. The van der Waals surface area contributed by atoms with Gasteiger partial charge in [-0.05, 0) is 105 Å². The fourth-order valence-electron chi connectivity index (χ4n) is 6.86. The summed E-state index contributed by atoms with van der Waals surface area (Å²) in [5.74, 6) is 0.910. The number of ether oxygens (including phenoxy) is 1. The molecule has 1 amide bonds. The van der Waals surface area contributed by atoms with Crippen LogP contribution in [0.2, 0.25) is 0 Å². The third kappa shape index (κ3) is 3.86. The molecule has 6 nitrogen and oxygen atoms in total. The molecule has 3 fully saturated rings. The van der Waals surface area contributed by atoms with Gasteiger partial charge in [0.25, 0.3) is 0 Å². The molecule has 2 aliphatic carbocycles. The van der Waals surface area contributed by atoms with Crippen molar-refractivity contribution in [2.75, 3.05) is 14.1 Å². The summed E-state index contributed by atoms with van der Waals surface area (Å²) < 4.78 is 6.82. The molecule has 3 aliphatic rings. The molecule has 0 aromatic carbocycles. The summed E-state index contributed by atoms with van der Waals surface area (Å²) in [5.41, 5.74) is -1.27. The van der Waals surface area contributed by atoms with Crippen LogP contribution < -0.4 is 16.0 Å². The topological polar surface area (TPSA) is 82.6 Å². The van der Waals surface area contributed by atoms with Crippen molar-refractivity contribution in [3.8, 4) is 0 Å². The van der Waals surface area contributed by atoms with Crippen LogP contribution in [0.1, 0.15) is 73.1 Å². The lowest BCUT2D eigenvalue weighted by Crippen LogP contribution is -2.68. The Morgan fingerprint density at radius 1 is 1.03 bits per heavy atom. The third-order valence-electron chi connectivity index (χ3n) is 8.99. The third-order valence-corrected chi connectivity index (χ3v) is 8.99. The van der Waals surface area contributed by atoms with Crippen molar-refractivity contribution in [2.45, 2.75) is 108 Å². The van der Waals surface area contributed by atoms with Crippen LogP contribution >= 0.6 is 0 Å². The number of carbonyl (C=O) groups is 1. The lowest BCUT2D eigenvalue weighted by atomic mass is 9.51. The number of rotatable bonds is 6. The number of fused-ring (bicyclic) bond motifs is 1. The van der Waals surface area contributed by atoms with E-state index in [2.05, 4.69) is 43.6 Å². The molecule has 0 spiro atoms. The van der Waals surface area contributed by atoms with Crippen LogP contribution in [0.15, 0.2) is 0 Å². The second-order valence-electron chi connectivity index (χ2n) is 11.1. The van der Waals surface area contributed by atoms with Gasteiger partial charge in [0.2, 0.25) is 6.41 Å². The first-order valence-electron chi connectivity index (χ1n) is 11.4. The van der Waals surface area contributed by atoms with Crippen LogP contribution in [0.5, 0.6) is 0 Å². The van der Waals surface area contributed by atoms with Crippen molar-refractivity contribution in [3.63, 3.8) is 0 Å². The molecule has 0 aromatic rings. The van der Waals surface area contributed by atoms with E-state index in [1.807, 2.05) is 21.0 Å². The summed E-state index contributed by atoms with van der Waals surface area (Å²) in [6, 6.07) is -0.0175. The zero-order valence-corrected chi connectivity index (χ0v) is 19.5. The molecule has 8 unspecified atom stereocenters. The molecule has 1 aliphatic heterocycles. The van der Waals surface area contributed by atoms with Crippen molar-refractivity contribution < 1.29 is 14.6 Å². The van der Waals surface area contributed by atoms with Crippen LogP contribution in [0.3, 0.4) is 0 Å². The Morgan fingerprint density at radius 2 is 1.69 bits per heavy atom. The molecular formula is C23H43N3O3. The molecule has 0 aromatic heterocycles. The Labute approximate surface area is 176 Å². The first-order valence-corrected chi connectivity index (χ1v) is 11.4. The van der Waals surface area contributed by atoms with Gasteiger partial charge in [-0.25, -0.2) is 0 Å². The molecule has 4 N–H and O–H groups in total. The summed E-state index contributed by atoms with van der Waals surface area (Å²) in [6.07, 6.45) is 6.73. The van der Waals surface area contributed by atoms with Gasteiger partial charge in [-0.2, -0.15) is 0 Å². The molecule has 1 saturated heterocycles. The Morgan fingerprint density at radius 3 is 2.28 bits per heavy atom. The predicted molar refractivity (Wildman–Crippen MR) is 116 cm³/mol. The van der Waals surface area contributed by atoms with E-state index in [0.29, 0.717) is 11.8 Å². The number of aliphatic hydroxyl groups is 1. The second kappa shape index (κ2) is 7.77. The fraction of sp³-hybridized carbons (Fsp3) is 0.957. The quantitative estimate of drug-likeness (QED) is 0.506. The number of hydrogen-bond donors (Lipinski definition) is 4. The highest BCUT2D eigenvalue weighted by atomic mass is 16.5. The Hall–Kier alpha value is -0.690. The monoisotopic (exact) mass is 409 g/mol. The normalized spacial score (nSPS) is 48.2. The summed E-state index contributed by atoms with van der Waals surface area (Å²) >= 11 is 0. The number of carbonyl (C=O) groups excluding carboxylic acids is 1. The molecule has 168 valence electrons. The van der Waals surface area contributed by atoms with Crippen molar-refractivity contribution in [1.82, 2.24) is 16.0 Å². The van der Waals surface area contributed by atoms with E-state index < -0.39 is 5.60 Å². The van der Waals surface area contributed by atoms with Crippen LogP contribution in [0.4, 0.5) is 0 Å². The van der Waals surface area contributed by atoms with E-state index in [9.17, 15) is 9.90 Å². The molecule has 8 atom stereocenters. The minimum absolute atomic E-state index is 0.0175. The molecule has 6 heteroatoms. The van der Waals surface area contributed by atoms with E-state index in [-0.39, 0.29) is 34.7 Å². The molecule has 0 radical (unpaired) electrons. The van der Waals surface area contributed by atoms with Crippen LogP contribution in [-0.2, 0) is 9.53 Å². The van der Waals surface area contributed by atoms with Gasteiger partial charge in [0, 0.05) is 17.1 Å². The maximum atomic E-state index is 11.4. The number of amides is 1. The summed E-state index contributed by atoms with van der Waals surface area (Å²) in [4.78, 5) is 11.4. The maximum absolute atomic E-state index is 11.4. The van der Waals surface area contributed by atoms with E-state index >= 15 is 0 Å². The highest BCUT2D eigenvalue weighted by Gasteiger charge is 2.60.